The molecule has 11 heteroatoms. The molecule has 0 amide bonds. The van der Waals surface area contributed by atoms with Crippen molar-refractivity contribution in [2.75, 3.05) is 13.7 Å². The van der Waals surface area contributed by atoms with Gasteiger partial charge in [-0.2, -0.15) is 13.2 Å². The van der Waals surface area contributed by atoms with Gasteiger partial charge >= 0.3 is 6.18 Å². The summed E-state index contributed by atoms with van der Waals surface area (Å²) in [7, 11) is 1.64. The Labute approximate surface area is 194 Å². The van der Waals surface area contributed by atoms with Crippen molar-refractivity contribution in [3.05, 3.63) is 72.3 Å². The molecule has 0 radical (unpaired) electrons. The van der Waals surface area contributed by atoms with E-state index in [0.717, 1.165) is 17.1 Å². The van der Waals surface area contributed by atoms with E-state index in [0.29, 0.717) is 19.0 Å². The van der Waals surface area contributed by atoms with Crippen LogP contribution in [0.1, 0.15) is 11.4 Å². The number of aliphatic imine (C=N–C) groups is 1. The number of aromatic nitrogens is 3. The van der Waals surface area contributed by atoms with Gasteiger partial charge in [0.05, 0.1) is 6.54 Å². The zero-order valence-electron chi connectivity index (χ0n) is 16.6. The average molecular weight is 546 g/mol. The smallest absolute Gasteiger partial charge is 0.422 e. The van der Waals surface area contributed by atoms with Crippen LogP contribution < -0.4 is 15.4 Å². The quantitative estimate of drug-likeness (QED) is 0.269. The second kappa shape index (κ2) is 11.5. The van der Waals surface area contributed by atoms with Gasteiger partial charge in [0.15, 0.2) is 18.4 Å². The summed E-state index contributed by atoms with van der Waals surface area (Å²) in [6, 6.07) is 16.1. The summed E-state index contributed by atoms with van der Waals surface area (Å²) in [5.74, 6) is 1.43. The number of alkyl halides is 3. The Morgan fingerprint density at radius 3 is 2.35 bits per heavy atom. The number of para-hydroxylation sites is 1. The number of hydrogen-bond donors (Lipinski definition) is 2. The molecule has 0 spiro atoms. The molecule has 0 aliphatic heterocycles. The lowest BCUT2D eigenvalue weighted by Gasteiger charge is -2.13. The Balaban J connectivity index is 0.00000341. The van der Waals surface area contributed by atoms with Crippen LogP contribution in [-0.4, -0.2) is 40.6 Å². The zero-order valence-corrected chi connectivity index (χ0v) is 19.0. The highest BCUT2D eigenvalue weighted by Crippen LogP contribution is 2.18. The molecule has 0 fully saturated rings. The fourth-order valence-electron chi connectivity index (χ4n) is 2.62. The van der Waals surface area contributed by atoms with Crippen LogP contribution in [0, 0.1) is 0 Å². The van der Waals surface area contributed by atoms with Crippen LogP contribution in [0.25, 0.3) is 5.69 Å². The number of nitrogens with one attached hydrogen (secondary N) is 2. The van der Waals surface area contributed by atoms with Crippen LogP contribution in [0.2, 0.25) is 0 Å². The van der Waals surface area contributed by atoms with E-state index in [-0.39, 0.29) is 29.7 Å². The van der Waals surface area contributed by atoms with Crippen molar-refractivity contribution in [3.8, 4) is 11.4 Å². The van der Waals surface area contributed by atoms with Crippen LogP contribution in [0.15, 0.2) is 65.9 Å². The van der Waals surface area contributed by atoms with Gasteiger partial charge in [-0.1, -0.05) is 30.3 Å². The standard InChI is InChI=1S/C20H21F3N6O.HI/c1-24-19(25-11-15-7-9-17(10-8-15)30-13-20(21,22)23)26-12-18-28-27-14-29(18)16-5-3-2-4-6-16;/h2-10,14H,11-13H2,1H3,(H2,24,25,26);1H. The predicted molar refractivity (Wildman–Crippen MR) is 122 cm³/mol. The lowest BCUT2D eigenvalue weighted by molar-refractivity contribution is -0.153. The van der Waals surface area contributed by atoms with E-state index in [4.69, 9.17) is 4.74 Å². The summed E-state index contributed by atoms with van der Waals surface area (Å²) < 4.78 is 43.2. The summed E-state index contributed by atoms with van der Waals surface area (Å²) in [5, 5.41) is 14.4. The van der Waals surface area contributed by atoms with Crippen LogP contribution in [0.3, 0.4) is 0 Å². The maximum atomic E-state index is 12.2. The molecule has 166 valence electrons. The summed E-state index contributed by atoms with van der Waals surface area (Å²) in [5.41, 5.74) is 1.82. The fraction of sp³-hybridized carbons (Fsp3) is 0.250. The molecule has 0 unspecified atom stereocenters. The molecule has 0 atom stereocenters. The number of hydrogen-bond acceptors (Lipinski definition) is 4. The Bertz CT molecular complexity index is 961. The van der Waals surface area contributed by atoms with E-state index in [9.17, 15) is 13.2 Å². The van der Waals surface area contributed by atoms with Gasteiger partial charge < -0.3 is 15.4 Å². The SMILES string of the molecule is CN=C(NCc1ccc(OCC(F)(F)F)cc1)NCc1nncn1-c1ccccc1.I. The van der Waals surface area contributed by atoms with Crippen molar-refractivity contribution >= 4 is 29.9 Å². The van der Waals surface area contributed by atoms with Gasteiger partial charge in [-0.05, 0) is 29.8 Å². The zero-order chi connectivity index (χ0) is 21.4. The molecule has 1 aromatic heterocycles. The highest BCUT2D eigenvalue weighted by molar-refractivity contribution is 14.0. The number of ether oxygens (including phenoxy) is 1. The summed E-state index contributed by atoms with van der Waals surface area (Å²) in [6.07, 6.45) is -2.71. The minimum atomic E-state index is -4.36. The van der Waals surface area contributed by atoms with E-state index in [1.807, 2.05) is 34.9 Å². The third-order valence-corrected chi connectivity index (χ3v) is 4.08. The van der Waals surface area contributed by atoms with Crippen LogP contribution >= 0.6 is 24.0 Å². The minimum Gasteiger partial charge on any atom is -0.484 e. The minimum absolute atomic E-state index is 0. The van der Waals surface area contributed by atoms with Gasteiger partial charge in [0.1, 0.15) is 12.1 Å². The van der Waals surface area contributed by atoms with Crippen molar-refractivity contribution in [3.63, 3.8) is 0 Å². The first-order valence-electron chi connectivity index (χ1n) is 9.12. The third kappa shape index (κ3) is 7.74. The lowest BCUT2D eigenvalue weighted by atomic mass is 10.2. The Morgan fingerprint density at radius 1 is 1.03 bits per heavy atom. The average Bonchev–Trinajstić information content (AvgIpc) is 3.22. The number of halogens is 4. The van der Waals surface area contributed by atoms with E-state index < -0.39 is 12.8 Å². The van der Waals surface area contributed by atoms with Crippen LogP contribution in [0.4, 0.5) is 13.2 Å². The monoisotopic (exact) mass is 546 g/mol. The molecule has 3 rings (SSSR count). The Hall–Kier alpha value is -2.83. The maximum Gasteiger partial charge on any atom is 0.422 e. The molecular formula is C20H22F3IN6O. The van der Waals surface area contributed by atoms with Gasteiger partial charge in [-0.15, -0.1) is 34.2 Å². The van der Waals surface area contributed by atoms with Gasteiger partial charge in [-0.3, -0.25) is 9.56 Å². The summed E-state index contributed by atoms with van der Waals surface area (Å²) in [4.78, 5) is 4.17. The highest BCUT2D eigenvalue weighted by atomic mass is 127. The first-order chi connectivity index (χ1) is 14.4. The molecule has 3 aromatic rings. The molecule has 2 aromatic carbocycles. The van der Waals surface area contributed by atoms with Gasteiger partial charge in [-0.25, -0.2) is 0 Å². The summed E-state index contributed by atoms with van der Waals surface area (Å²) >= 11 is 0. The fourth-order valence-corrected chi connectivity index (χ4v) is 2.62. The van der Waals surface area contributed by atoms with E-state index in [1.54, 1.807) is 25.5 Å². The molecule has 0 saturated carbocycles. The predicted octanol–water partition coefficient (Wildman–Crippen LogP) is 3.69. The number of benzene rings is 2. The topological polar surface area (TPSA) is 76.4 Å². The largest absolute Gasteiger partial charge is 0.484 e. The second-order valence-electron chi connectivity index (χ2n) is 6.28. The van der Waals surface area contributed by atoms with Crippen molar-refractivity contribution < 1.29 is 17.9 Å². The Morgan fingerprint density at radius 2 is 1.71 bits per heavy atom. The molecule has 31 heavy (non-hydrogen) atoms. The third-order valence-electron chi connectivity index (χ3n) is 4.08. The number of guanidine groups is 1. The van der Waals surface area contributed by atoms with E-state index in [1.165, 1.54) is 12.1 Å². The molecule has 2 N–H and O–H groups in total. The van der Waals surface area contributed by atoms with Crippen molar-refractivity contribution in [2.45, 2.75) is 19.3 Å². The second-order valence-corrected chi connectivity index (χ2v) is 6.28. The maximum absolute atomic E-state index is 12.2. The molecule has 0 saturated heterocycles. The molecule has 0 aliphatic carbocycles. The molecular weight excluding hydrogens is 524 g/mol. The van der Waals surface area contributed by atoms with Crippen LogP contribution in [-0.2, 0) is 13.1 Å². The van der Waals surface area contributed by atoms with Gasteiger partial charge in [0.25, 0.3) is 0 Å². The molecule has 7 nitrogen and oxygen atoms in total. The first-order valence-corrected chi connectivity index (χ1v) is 9.12. The van der Waals surface area contributed by atoms with Crippen LogP contribution in [0.5, 0.6) is 5.75 Å². The summed E-state index contributed by atoms with van der Waals surface area (Å²) in [6.45, 7) is -0.474. The van der Waals surface area contributed by atoms with E-state index >= 15 is 0 Å². The van der Waals surface area contributed by atoms with Gasteiger partial charge in [0, 0.05) is 19.3 Å². The Kier molecular flexibility index (Phi) is 9.09. The van der Waals surface area contributed by atoms with Crippen molar-refractivity contribution in [1.82, 2.24) is 25.4 Å². The highest BCUT2D eigenvalue weighted by Gasteiger charge is 2.28. The first kappa shape index (κ1) is 24.4. The number of rotatable bonds is 7. The van der Waals surface area contributed by atoms with Crippen molar-refractivity contribution in [1.29, 1.82) is 0 Å². The molecule has 0 aliphatic rings. The van der Waals surface area contributed by atoms with E-state index in [2.05, 4.69) is 25.8 Å². The lowest BCUT2D eigenvalue weighted by Crippen LogP contribution is -2.36. The van der Waals surface area contributed by atoms with Gasteiger partial charge in [0.2, 0.25) is 0 Å². The molecule has 1 heterocycles. The van der Waals surface area contributed by atoms with Crippen molar-refractivity contribution in [2.24, 2.45) is 4.99 Å². The normalized spacial score (nSPS) is 11.5. The number of nitrogens with zero attached hydrogens (tertiary/aromatic N) is 4. The molecule has 0 bridgehead atoms.